The normalized spacial score (nSPS) is 15.8. The van der Waals surface area contributed by atoms with Crippen molar-refractivity contribution in [3.05, 3.63) is 17.7 Å². The first-order chi connectivity index (χ1) is 8.58. The Morgan fingerprint density at radius 3 is 2.56 bits per heavy atom. The van der Waals surface area contributed by atoms with Crippen molar-refractivity contribution in [2.24, 2.45) is 5.73 Å². The zero-order chi connectivity index (χ0) is 13.1. The van der Waals surface area contributed by atoms with Gasteiger partial charge in [-0.05, 0) is 11.6 Å². The minimum absolute atomic E-state index is 0.0315. The first-order valence-corrected chi connectivity index (χ1v) is 5.68. The highest BCUT2D eigenvalue weighted by Gasteiger charge is 2.19. The van der Waals surface area contributed by atoms with Crippen molar-refractivity contribution < 1.29 is 24.5 Å². The van der Waals surface area contributed by atoms with Gasteiger partial charge in [0.1, 0.15) is 11.8 Å². The molecular formula is C12H15NO5. The SMILES string of the molecule is NC(Cc1cc2c(cc1O)OCCCO2)C(=O)O. The number of hydrogen-bond acceptors (Lipinski definition) is 5. The van der Waals surface area contributed by atoms with Gasteiger partial charge in [-0.25, -0.2) is 0 Å². The number of carboxylic acid groups (broad SMARTS) is 1. The van der Waals surface area contributed by atoms with E-state index in [-0.39, 0.29) is 12.2 Å². The van der Waals surface area contributed by atoms with Crippen molar-refractivity contribution in [1.29, 1.82) is 0 Å². The van der Waals surface area contributed by atoms with E-state index in [0.29, 0.717) is 30.3 Å². The van der Waals surface area contributed by atoms with E-state index in [0.717, 1.165) is 6.42 Å². The minimum Gasteiger partial charge on any atom is -0.508 e. The van der Waals surface area contributed by atoms with Gasteiger partial charge in [0.2, 0.25) is 0 Å². The van der Waals surface area contributed by atoms with Crippen LogP contribution >= 0.6 is 0 Å². The predicted octanol–water partition coefficient (Wildman–Crippen LogP) is 0.508. The number of aromatic hydroxyl groups is 1. The Kier molecular flexibility index (Phi) is 3.57. The van der Waals surface area contributed by atoms with Crippen LogP contribution in [0, 0.1) is 0 Å². The largest absolute Gasteiger partial charge is 0.508 e. The number of phenols is 1. The van der Waals surface area contributed by atoms with Crippen molar-refractivity contribution in [2.75, 3.05) is 13.2 Å². The van der Waals surface area contributed by atoms with E-state index in [1.54, 1.807) is 6.07 Å². The lowest BCUT2D eigenvalue weighted by Gasteiger charge is -2.13. The third-order valence-electron chi connectivity index (χ3n) is 2.71. The lowest BCUT2D eigenvalue weighted by Crippen LogP contribution is -2.32. The maximum absolute atomic E-state index is 10.7. The molecule has 1 heterocycles. The van der Waals surface area contributed by atoms with Gasteiger partial charge in [-0.3, -0.25) is 4.79 Å². The molecule has 1 unspecified atom stereocenters. The van der Waals surface area contributed by atoms with E-state index in [9.17, 15) is 9.90 Å². The van der Waals surface area contributed by atoms with Gasteiger partial charge in [0.25, 0.3) is 0 Å². The molecule has 4 N–H and O–H groups in total. The Morgan fingerprint density at radius 1 is 1.33 bits per heavy atom. The number of fused-ring (bicyclic) bond motifs is 1. The van der Waals surface area contributed by atoms with Gasteiger partial charge in [0, 0.05) is 18.9 Å². The van der Waals surface area contributed by atoms with Crippen LogP contribution in [0.1, 0.15) is 12.0 Å². The molecule has 1 aromatic rings. The summed E-state index contributed by atoms with van der Waals surface area (Å²) in [6.45, 7) is 1.06. The second-order valence-electron chi connectivity index (χ2n) is 4.13. The molecule has 0 aromatic heterocycles. The second-order valence-corrected chi connectivity index (χ2v) is 4.13. The Bertz CT molecular complexity index is 460. The average Bonchev–Trinajstić information content (AvgIpc) is 2.54. The number of nitrogens with two attached hydrogens (primary N) is 1. The lowest BCUT2D eigenvalue weighted by atomic mass is 10.0. The summed E-state index contributed by atoms with van der Waals surface area (Å²) in [4.78, 5) is 10.7. The van der Waals surface area contributed by atoms with Gasteiger partial charge < -0.3 is 25.4 Å². The highest BCUT2D eigenvalue weighted by molar-refractivity contribution is 5.73. The first-order valence-electron chi connectivity index (χ1n) is 5.68. The van der Waals surface area contributed by atoms with E-state index >= 15 is 0 Å². The Morgan fingerprint density at radius 2 is 1.94 bits per heavy atom. The van der Waals surface area contributed by atoms with Gasteiger partial charge in [-0.1, -0.05) is 0 Å². The molecule has 0 saturated heterocycles. The van der Waals surface area contributed by atoms with Crippen LogP contribution in [-0.2, 0) is 11.2 Å². The molecule has 0 amide bonds. The van der Waals surface area contributed by atoms with Crippen LogP contribution in [-0.4, -0.2) is 35.4 Å². The third-order valence-corrected chi connectivity index (χ3v) is 2.71. The molecule has 2 rings (SSSR count). The molecular weight excluding hydrogens is 238 g/mol. The zero-order valence-electron chi connectivity index (χ0n) is 9.76. The van der Waals surface area contributed by atoms with Gasteiger partial charge in [-0.2, -0.15) is 0 Å². The number of carboxylic acids is 1. The third kappa shape index (κ3) is 2.65. The topological polar surface area (TPSA) is 102 Å². The molecule has 98 valence electrons. The van der Waals surface area contributed by atoms with Crippen LogP contribution in [0.4, 0.5) is 0 Å². The minimum atomic E-state index is -1.11. The van der Waals surface area contributed by atoms with E-state index in [1.165, 1.54) is 6.07 Å². The van der Waals surface area contributed by atoms with Gasteiger partial charge in [0.15, 0.2) is 11.5 Å². The molecule has 6 heteroatoms. The maximum atomic E-state index is 10.7. The van der Waals surface area contributed by atoms with Crippen LogP contribution in [0.2, 0.25) is 0 Å². The summed E-state index contributed by atoms with van der Waals surface area (Å²) in [5.41, 5.74) is 5.88. The summed E-state index contributed by atoms with van der Waals surface area (Å²) in [5.74, 6) is -0.159. The fourth-order valence-corrected chi connectivity index (χ4v) is 1.73. The molecule has 0 radical (unpaired) electrons. The zero-order valence-corrected chi connectivity index (χ0v) is 9.76. The summed E-state index contributed by atoms with van der Waals surface area (Å²) in [5, 5.41) is 18.6. The Hall–Kier alpha value is -1.95. The molecule has 1 aliphatic rings. The monoisotopic (exact) mass is 253 g/mol. The summed E-state index contributed by atoms with van der Waals surface area (Å²) in [6.07, 6.45) is 0.803. The molecule has 1 aliphatic heterocycles. The summed E-state index contributed by atoms with van der Waals surface area (Å²) < 4.78 is 10.9. The van der Waals surface area contributed by atoms with E-state index in [1.807, 2.05) is 0 Å². The van der Waals surface area contributed by atoms with Crippen LogP contribution in [0.25, 0.3) is 0 Å². The molecule has 18 heavy (non-hydrogen) atoms. The van der Waals surface area contributed by atoms with Crippen molar-refractivity contribution >= 4 is 5.97 Å². The van der Waals surface area contributed by atoms with E-state index < -0.39 is 12.0 Å². The fraction of sp³-hybridized carbons (Fsp3) is 0.417. The van der Waals surface area contributed by atoms with E-state index in [2.05, 4.69) is 0 Å². The van der Waals surface area contributed by atoms with Crippen molar-refractivity contribution in [1.82, 2.24) is 0 Å². The molecule has 6 nitrogen and oxygen atoms in total. The summed E-state index contributed by atoms with van der Waals surface area (Å²) >= 11 is 0. The first kappa shape index (κ1) is 12.5. The number of aliphatic carboxylic acids is 1. The molecule has 1 atom stereocenters. The standard InChI is InChI=1S/C12H15NO5/c13-8(12(15)16)4-7-5-10-11(6-9(7)14)18-3-1-2-17-10/h5-6,8,14H,1-4,13H2,(H,15,16). The molecule has 0 fully saturated rings. The van der Waals surface area contributed by atoms with Crippen LogP contribution in [0.15, 0.2) is 12.1 Å². The van der Waals surface area contributed by atoms with Gasteiger partial charge >= 0.3 is 5.97 Å². The number of hydrogen-bond donors (Lipinski definition) is 3. The maximum Gasteiger partial charge on any atom is 0.320 e. The fourth-order valence-electron chi connectivity index (χ4n) is 1.73. The molecule has 1 aromatic carbocycles. The quantitative estimate of drug-likeness (QED) is 0.725. The average molecular weight is 253 g/mol. The molecule has 0 bridgehead atoms. The van der Waals surface area contributed by atoms with Crippen molar-refractivity contribution in [3.8, 4) is 17.2 Å². The molecule has 0 saturated carbocycles. The number of rotatable bonds is 3. The number of phenolic OH excluding ortho intramolecular Hbond substituents is 1. The van der Waals surface area contributed by atoms with Gasteiger partial charge in [-0.15, -0.1) is 0 Å². The summed E-state index contributed by atoms with van der Waals surface area (Å²) in [7, 11) is 0. The number of benzene rings is 1. The number of ether oxygens (including phenoxy) is 2. The van der Waals surface area contributed by atoms with Crippen molar-refractivity contribution in [3.63, 3.8) is 0 Å². The molecule has 0 spiro atoms. The Balaban J connectivity index is 2.26. The van der Waals surface area contributed by atoms with E-state index in [4.69, 9.17) is 20.3 Å². The number of carbonyl (C=O) groups is 1. The molecule has 0 aliphatic carbocycles. The van der Waals surface area contributed by atoms with Crippen LogP contribution < -0.4 is 15.2 Å². The van der Waals surface area contributed by atoms with Crippen LogP contribution in [0.3, 0.4) is 0 Å². The highest BCUT2D eigenvalue weighted by Crippen LogP contribution is 2.36. The predicted molar refractivity (Wildman–Crippen MR) is 63.0 cm³/mol. The lowest BCUT2D eigenvalue weighted by molar-refractivity contribution is -0.138. The van der Waals surface area contributed by atoms with Gasteiger partial charge in [0.05, 0.1) is 13.2 Å². The van der Waals surface area contributed by atoms with Crippen molar-refractivity contribution in [2.45, 2.75) is 18.9 Å². The summed E-state index contributed by atoms with van der Waals surface area (Å²) in [6, 6.07) is 1.96. The second kappa shape index (κ2) is 5.14. The highest BCUT2D eigenvalue weighted by atomic mass is 16.5. The smallest absolute Gasteiger partial charge is 0.320 e. The van der Waals surface area contributed by atoms with Crippen LogP contribution in [0.5, 0.6) is 17.2 Å². The Labute approximate surface area is 104 Å².